The molecule has 1 fully saturated rings. The van der Waals surface area contributed by atoms with Crippen LogP contribution in [-0.4, -0.2) is 28.9 Å². The Bertz CT molecular complexity index is 927. The van der Waals surface area contributed by atoms with Crippen molar-refractivity contribution < 1.29 is 9.53 Å². The fraction of sp³-hybridized carbons (Fsp3) is 0.263. The zero-order valence-electron chi connectivity index (χ0n) is 13.8. The van der Waals surface area contributed by atoms with E-state index in [4.69, 9.17) is 32.9 Å². The molecule has 0 saturated carbocycles. The average Bonchev–Trinajstić information content (AvgIpc) is 3.27. The van der Waals surface area contributed by atoms with Crippen LogP contribution < -0.4 is 4.74 Å². The maximum atomic E-state index is 12.7. The van der Waals surface area contributed by atoms with Crippen molar-refractivity contribution in [1.29, 1.82) is 0 Å². The van der Waals surface area contributed by atoms with E-state index >= 15 is 0 Å². The molecule has 1 aliphatic rings. The largest absolute Gasteiger partial charge is 0.482 e. The van der Waals surface area contributed by atoms with Gasteiger partial charge in [0, 0.05) is 11.6 Å². The van der Waals surface area contributed by atoms with Gasteiger partial charge in [0.25, 0.3) is 5.91 Å². The third-order valence-corrected chi connectivity index (χ3v) is 6.08. The van der Waals surface area contributed by atoms with Gasteiger partial charge in [-0.2, -0.15) is 0 Å². The van der Waals surface area contributed by atoms with Crippen LogP contribution in [0.3, 0.4) is 0 Å². The summed E-state index contributed by atoms with van der Waals surface area (Å²) in [5, 5.41) is 1.92. The number of aromatic nitrogens is 1. The van der Waals surface area contributed by atoms with Crippen LogP contribution >= 0.6 is 34.5 Å². The third-order valence-electron chi connectivity index (χ3n) is 4.41. The number of para-hydroxylation sites is 1. The van der Waals surface area contributed by atoms with Crippen molar-refractivity contribution in [2.24, 2.45) is 0 Å². The first-order valence-corrected chi connectivity index (χ1v) is 9.92. The van der Waals surface area contributed by atoms with Crippen LogP contribution in [-0.2, 0) is 4.79 Å². The molecule has 0 aliphatic carbocycles. The lowest BCUT2D eigenvalue weighted by atomic mass is 10.2. The monoisotopic (exact) mass is 406 g/mol. The van der Waals surface area contributed by atoms with Gasteiger partial charge in [-0.3, -0.25) is 4.79 Å². The molecule has 4 rings (SSSR count). The van der Waals surface area contributed by atoms with Crippen molar-refractivity contribution in [3.63, 3.8) is 0 Å². The summed E-state index contributed by atoms with van der Waals surface area (Å²) in [7, 11) is 0. The SMILES string of the molecule is O=C(COc1ccc(Cl)cc1Cl)N1CCCC1c1nc2ccccc2s1. The van der Waals surface area contributed by atoms with Gasteiger partial charge in [-0.15, -0.1) is 11.3 Å². The van der Waals surface area contributed by atoms with E-state index in [2.05, 4.69) is 6.07 Å². The number of carbonyl (C=O) groups is 1. The number of ether oxygens (including phenoxy) is 1. The predicted molar refractivity (Wildman–Crippen MR) is 105 cm³/mol. The second-order valence-electron chi connectivity index (χ2n) is 6.13. The molecule has 1 atom stereocenters. The highest BCUT2D eigenvalue weighted by molar-refractivity contribution is 7.18. The number of fused-ring (bicyclic) bond motifs is 1. The minimum absolute atomic E-state index is 0.0178. The molecule has 7 heteroatoms. The zero-order valence-corrected chi connectivity index (χ0v) is 16.2. The Hall–Kier alpha value is -1.82. The minimum atomic E-state index is -0.0576. The highest BCUT2D eigenvalue weighted by Crippen LogP contribution is 2.36. The van der Waals surface area contributed by atoms with Crippen molar-refractivity contribution >= 4 is 50.7 Å². The number of amides is 1. The smallest absolute Gasteiger partial charge is 0.261 e. The third kappa shape index (κ3) is 3.52. The van der Waals surface area contributed by atoms with E-state index in [1.165, 1.54) is 0 Å². The second kappa shape index (κ2) is 7.43. The zero-order chi connectivity index (χ0) is 18.1. The second-order valence-corrected chi connectivity index (χ2v) is 8.03. The van der Waals surface area contributed by atoms with Crippen molar-refractivity contribution in [3.8, 4) is 5.75 Å². The van der Waals surface area contributed by atoms with Crippen molar-refractivity contribution in [3.05, 3.63) is 57.5 Å². The first kappa shape index (κ1) is 17.6. The number of hydrogen-bond acceptors (Lipinski definition) is 4. The Balaban J connectivity index is 1.48. The Morgan fingerprint density at radius 3 is 2.92 bits per heavy atom. The van der Waals surface area contributed by atoms with Crippen molar-refractivity contribution in [2.75, 3.05) is 13.2 Å². The summed E-state index contributed by atoms with van der Waals surface area (Å²) in [6, 6.07) is 13.0. The predicted octanol–water partition coefficient (Wildman–Crippen LogP) is 5.35. The molecule has 0 spiro atoms. The van der Waals surface area contributed by atoms with Crippen LogP contribution in [0.15, 0.2) is 42.5 Å². The summed E-state index contributed by atoms with van der Waals surface area (Å²) in [5.74, 6) is 0.401. The number of likely N-dealkylation sites (tertiary alicyclic amines) is 1. The fourth-order valence-electron chi connectivity index (χ4n) is 3.17. The van der Waals surface area contributed by atoms with Gasteiger partial charge in [-0.05, 0) is 43.2 Å². The number of carbonyl (C=O) groups excluding carboxylic acids is 1. The van der Waals surface area contributed by atoms with Gasteiger partial charge in [-0.25, -0.2) is 4.98 Å². The van der Waals surface area contributed by atoms with Gasteiger partial charge < -0.3 is 9.64 Å². The van der Waals surface area contributed by atoms with E-state index < -0.39 is 0 Å². The highest BCUT2D eigenvalue weighted by Gasteiger charge is 2.32. The molecular weight excluding hydrogens is 391 g/mol. The van der Waals surface area contributed by atoms with Crippen LogP contribution in [0.25, 0.3) is 10.2 Å². The molecule has 26 heavy (non-hydrogen) atoms. The topological polar surface area (TPSA) is 42.4 Å². The van der Waals surface area contributed by atoms with Gasteiger partial charge in [0.2, 0.25) is 0 Å². The van der Waals surface area contributed by atoms with E-state index in [1.807, 2.05) is 23.1 Å². The van der Waals surface area contributed by atoms with Gasteiger partial charge in [0.1, 0.15) is 10.8 Å². The molecule has 1 amide bonds. The number of halogens is 2. The Morgan fingerprint density at radius 2 is 2.12 bits per heavy atom. The molecule has 3 aromatic rings. The van der Waals surface area contributed by atoms with Gasteiger partial charge >= 0.3 is 0 Å². The average molecular weight is 407 g/mol. The summed E-state index contributed by atoms with van der Waals surface area (Å²) < 4.78 is 6.75. The summed E-state index contributed by atoms with van der Waals surface area (Å²) in [4.78, 5) is 19.3. The lowest BCUT2D eigenvalue weighted by molar-refractivity contribution is -0.134. The maximum absolute atomic E-state index is 12.7. The molecule has 1 unspecified atom stereocenters. The Labute approximate surface area is 165 Å². The first-order chi connectivity index (χ1) is 12.6. The highest BCUT2D eigenvalue weighted by atomic mass is 35.5. The number of thiazole rings is 1. The van der Waals surface area contributed by atoms with E-state index in [9.17, 15) is 4.79 Å². The number of benzene rings is 2. The Kier molecular flexibility index (Phi) is 5.02. The molecular formula is C19H16Cl2N2O2S. The Morgan fingerprint density at radius 1 is 1.27 bits per heavy atom. The maximum Gasteiger partial charge on any atom is 0.261 e. The lowest BCUT2D eigenvalue weighted by Crippen LogP contribution is -2.34. The molecule has 2 heterocycles. The molecule has 1 aliphatic heterocycles. The first-order valence-electron chi connectivity index (χ1n) is 8.34. The molecule has 0 N–H and O–H groups in total. The van der Waals surface area contributed by atoms with E-state index in [-0.39, 0.29) is 18.6 Å². The molecule has 2 aromatic carbocycles. The molecule has 0 radical (unpaired) electrons. The summed E-state index contributed by atoms with van der Waals surface area (Å²) in [6.07, 6.45) is 1.89. The van der Waals surface area contributed by atoms with Crippen LogP contribution in [0.4, 0.5) is 0 Å². The summed E-state index contributed by atoms with van der Waals surface area (Å²) >= 11 is 13.6. The molecule has 1 saturated heterocycles. The van der Waals surface area contributed by atoms with E-state index in [1.54, 1.807) is 29.5 Å². The quantitative estimate of drug-likeness (QED) is 0.586. The van der Waals surface area contributed by atoms with Crippen LogP contribution in [0.1, 0.15) is 23.9 Å². The fourth-order valence-corrected chi connectivity index (χ4v) is 4.75. The van der Waals surface area contributed by atoms with Crippen LogP contribution in [0.2, 0.25) is 10.0 Å². The van der Waals surface area contributed by atoms with Crippen LogP contribution in [0.5, 0.6) is 5.75 Å². The molecule has 1 aromatic heterocycles. The van der Waals surface area contributed by atoms with Crippen LogP contribution in [0, 0.1) is 0 Å². The van der Waals surface area contributed by atoms with Gasteiger partial charge in [0.15, 0.2) is 6.61 Å². The minimum Gasteiger partial charge on any atom is -0.482 e. The number of hydrogen-bond donors (Lipinski definition) is 0. The normalized spacial score (nSPS) is 17.0. The standard InChI is InChI=1S/C19H16Cl2N2O2S/c20-12-7-8-16(13(21)10-12)25-11-18(24)23-9-3-5-15(23)19-22-14-4-1-2-6-17(14)26-19/h1-2,4,6-8,10,15H,3,5,9,11H2. The van der Waals surface area contributed by atoms with E-state index in [0.29, 0.717) is 15.8 Å². The van der Waals surface area contributed by atoms with Gasteiger partial charge in [-0.1, -0.05) is 35.3 Å². The number of rotatable bonds is 4. The lowest BCUT2D eigenvalue weighted by Gasteiger charge is -2.23. The van der Waals surface area contributed by atoms with Gasteiger partial charge in [0.05, 0.1) is 21.3 Å². The molecule has 134 valence electrons. The molecule has 0 bridgehead atoms. The van der Waals surface area contributed by atoms with E-state index in [0.717, 1.165) is 34.6 Å². The van der Waals surface area contributed by atoms with Crippen molar-refractivity contribution in [2.45, 2.75) is 18.9 Å². The number of nitrogens with zero attached hydrogens (tertiary/aromatic N) is 2. The summed E-state index contributed by atoms with van der Waals surface area (Å²) in [6.45, 7) is 0.667. The van der Waals surface area contributed by atoms with Crippen molar-refractivity contribution in [1.82, 2.24) is 9.88 Å². The summed E-state index contributed by atoms with van der Waals surface area (Å²) in [5.41, 5.74) is 0.982. The molecule has 4 nitrogen and oxygen atoms in total.